The molecular weight excluding hydrogens is 466 g/mol. The van der Waals surface area contributed by atoms with Gasteiger partial charge in [-0.25, -0.2) is 0 Å². The molecule has 37 heavy (non-hydrogen) atoms. The van der Waals surface area contributed by atoms with E-state index in [0.29, 0.717) is 23.7 Å². The van der Waals surface area contributed by atoms with Crippen molar-refractivity contribution in [2.24, 2.45) is 0 Å². The Morgan fingerprint density at radius 1 is 0.811 bits per heavy atom. The highest BCUT2D eigenvalue weighted by Crippen LogP contribution is 2.41. The van der Waals surface area contributed by atoms with Gasteiger partial charge in [-0.2, -0.15) is 0 Å². The van der Waals surface area contributed by atoms with E-state index in [9.17, 15) is 5.11 Å². The Labute approximate surface area is 218 Å². The fourth-order valence-electron chi connectivity index (χ4n) is 5.02. The first-order chi connectivity index (χ1) is 18.2. The lowest BCUT2D eigenvalue weighted by molar-refractivity contribution is 0.213. The van der Waals surface area contributed by atoms with Crippen LogP contribution in [0.2, 0.25) is 0 Å². The molecule has 194 valence electrons. The van der Waals surface area contributed by atoms with Crippen molar-refractivity contribution in [3.63, 3.8) is 0 Å². The molecule has 1 fully saturated rings. The molecule has 1 saturated heterocycles. The zero-order valence-electron chi connectivity index (χ0n) is 21.6. The number of benzene rings is 3. The van der Waals surface area contributed by atoms with Crippen LogP contribution in [0.25, 0.3) is 22.3 Å². The fourth-order valence-corrected chi connectivity index (χ4v) is 5.02. The summed E-state index contributed by atoms with van der Waals surface area (Å²) in [6, 6.07) is 21.0. The van der Waals surface area contributed by atoms with Crippen LogP contribution < -0.4 is 14.2 Å². The van der Waals surface area contributed by atoms with Gasteiger partial charge in [0.2, 0.25) is 0 Å². The van der Waals surface area contributed by atoms with E-state index in [1.165, 1.54) is 25.7 Å². The number of ether oxygens (including phenoxy) is 3. The lowest BCUT2D eigenvalue weighted by Crippen LogP contribution is -2.29. The largest absolute Gasteiger partial charge is 0.497 e. The van der Waals surface area contributed by atoms with E-state index in [2.05, 4.69) is 4.90 Å². The fraction of sp³-hybridized carbons (Fsp3) is 0.355. The smallest absolute Gasteiger partial charge is 0.141 e. The van der Waals surface area contributed by atoms with Gasteiger partial charge in [-0.15, -0.1) is 0 Å². The van der Waals surface area contributed by atoms with E-state index < -0.39 is 6.10 Å². The SMILES string of the molecule is COc1ccc(-c2oc3cc(OC)ccc3c2C(O)c2ccc(OCCN3CCCCCC3)cc2)cc1. The van der Waals surface area contributed by atoms with Crippen LogP contribution in [-0.2, 0) is 0 Å². The third-order valence-electron chi connectivity index (χ3n) is 7.13. The lowest BCUT2D eigenvalue weighted by atomic mass is 9.96. The number of rotatable bonds is 9. The van der Waals surface area contributed by atoms with Crippen molar-refractivity contribution >= 4 is 11.0 Å². The van der Waals surface area contributed by atoms with Crippen LogP contribution in [0.4, 0.5) is 0 Å². The molecule has 6 nitrogen and oxygen atoms in total. The minimum absolute atomic E-state index is 0.621. The number of hydrogen-bond donors (Lipinski definition) is 1. The monoisotopic (exact) mass is 501 g/mol. The van der Waals surface area contributed by atoms with Gasteiger partial charge in [0.05, 0.1) is 14.2 Å². The maximum atomic E-state index is 11.5. The third-order valence-corrected chi connectivity index (χ3v) is 7.13. The molecule has 1 aliphatic rings. The molecule has 2 heterocycles. The van der Waals surface area contributed by atoms with Crippen molar-refractivity contribution < 1.29 is 23.7 Å². The van der Waals surface area contributed by atoms with Gasteiger partial charge in [-0.3, -0.25) is 4.90 Å². The topological polar surface area (TPSA) is 64.3 Å². The van der Waals surface area contributed by atoms with Crippen LogP contribution in [0, 0.1) is 0 Å². The Kier molecular flexibility index (Phi) is 7.97. The summed E-state index contributed by atoms with van der Waals surface area (Å²) in [6.07, 6.45) is 4.35. The molecule has 3 aromatic carbocycles. The summed E-state index contributed by atoms with van der Waals surface area (Å²) < 4.78 is 23.0. The van der Waals surface area contributed by atoms with Crippen LogP contribution in [-0.4, -0.2) is 50.5 Å². The van der Waals surface area contributed by atoms with E-state index in [1.807, 2.05) is 66.7 Å². The van der Waals surface area contributed by atoms with Crippen LogP contribution in [0.1, 0.15) is 42.9 Å². The highest BCUT2D eigenvalue weighted by Gasteiger charge is 2.24. The van der Waals surface area contributed by atoms with E-state index >= 15 is 0 Å². The molecule has 0 spiro atoms. The Morgan fingerprint density at radius 3 is 2.14 bits per heavy atom. The summed E-state index contributed by atoms with van der Waals surface area (Å²) in [4.78, 5) is 2.49. The molecule has 1 aliphatic heterocycles. The average molecular weight is 502 g/mol. The van der Waals surface area contributed by atoms with Crippen molar-refractivity contribution in [3.05, 3.63) is 77.9 Å². The molecular formula is C31H35NO5. The molecule has 0 aliphatic carbocycles. The summed E-state index contributed by atoms with van der Waals surface area (Å²) in [5.74, 6) is 2.89. The third kappa shape index (κ3) is 5.76. The molecule has 1 atom stereocenters. The highest BCUT2D eigenvalue weighted by molar-refractivity contribution is 5.90. The predicted octanol–water partition coefficient (Wildman–Crippen LogP) is 6.45. The second kappa shape index (κ2) is 11.7. The Balaban J connectivity index is 1.37. The Morgan fingerprint density at radius 2 is 1.46 bits per heavy atom. The highest BCUT2D eigenvalue weighted by atomic mass is 16.5. The molecule has 1 unspecified atom stereocenters. The minimum atomic E-state index is -0.877. The number of hydrogen-bond acceptors (Lipinski definition) is 6. The Hall–Kier alpha value is -3.48. The van der Waals surface area contributed by atoms with Gasteiger partial charge in [0.15, 0.2) is 0 Å². The molecule has 1 aromatic heterocycles. The van der Waals surface area contributed by atoms with E-state index in [4.69, 9.17) is 18.6 Å². The number of methoxy groups -OCH3 is 2. The van der Waals surface area contributed by atoms with Crippen LogP contribution in [0.3, 0.4) is 0 Å². The van der Waals surface area contributed by atoms with Gasteiger partial charge in [0, 0.05) is 29.1 Å². The number of aliphatic hydroxyl groups excluding tert-OH is 1. The van der Waals surface area contributed by atoms with Crippen molar-refractivity contribution in [3.8, 4) is 28.6 Å². The van der Waals surface area contributed by atoms with Gasteiger partial charge in [0.1, 0.15) is 41.3 Å². The number of furan rings is 1. The maximum Gasteiger partial charge on any atom is 0.141 e. The summed E-state index contributed by atoms with van der Waals surface area (Å²) in [6.45, 7) is 3.93. The molecule has 0 saturated carbocycles. The van der Waals surface area contributed by atoms with Gasteiger partial charge >= 0.3 is 0 Å². The first-order valence-corrected chi connectivity index (χ1v) is 13.0. The van der Waals surface area contributed by atoms with E-state index in [-0.39, 0.29) is 0 Å². The molecule has 1 N–H and O–H groups in total. The van der Waals surface area contributed by atoms with Crippen molar-refractivity contribution in [2.45, 2.75) is 31.8 Å². The quantitative estimate of drug-likeness (QED) is 0.284. The second-order valence-corrected chi connectivity index (χ2v) is 9.51. The van der Waals surface area contributed by atoms with E-state index in [1.54, 1.807) is 14.2 Å². The lowest BCUT2D eigenvalue weighted by Gasteiger charge is -2.19. The Bertz CT molecular complexity index is 1290. The number of likely N-dealkylation sites (tertiary alicyclic amines) is 1. The summed E-state index contributed by atoms with van der Waals surface area (Å²) in [7, 11) is 3.27. The number of fused-ring (bicyclic) bond motifs is 1. The molecule has 0 bridgehead atoms. The number of nitrogens with zero attached hydrogens (tertiary/aromatic N) is 1. The normalized spacial score (nSPS) is 15.3. The van der Waals surface area contributed by atoms with E-state index in [0.717, 1.165) is 53.2 Å². The van der Waals surface area contributed by atoms with Crippen molar-refractivity contribution in [2.75, 3.05) is 40.5 Å². The predicted molar refractivity (Wildman–Crippen MR) is 146 cm³/mol. The summed E-state index contributed by atoms with van der Waals surface area (Å²) >= 11 is 0. The zero-order chi connectivity index (χ0) is 25.6. The van der Waals surface area contributed by atoms with Gasteiger partial charge in [-0.1, -0.05) is 25.0 Å². The standard InChI is InChI=1S/C31H35NO5/c1-34-24-11-9-23(10-12-24)31-29(27-16-15-26(35-2)21-28(27)37-31)30(33)22-7-13-25(14-8-22)36-20-19-32-17-5-3-4-6-18-32/h7-16,21,30,33H,3-6,17-20H2,1-2H3. The first kappa shape index (κ1) is 25.2. The van der Waals surface area contributed by atoms with Crippen LogP contribution in [0.15, 0.2) is 71.1 Å². The van der Waals surface area contributed by atoms with Gasteiger partial charge in [-0.05, 0) is 80.0 Å². The zero-order valence-corrected chi connectivity index (χ0v) is 21.6. The molecule has 0 amide bonds. The molecule has 0 radical (unpaired) electrons. The number of aliphatic hydroxyl groups is 1. The maximum absolute atomic E-state index is 11.5. The van der Waals surface area contributed by atoms with Crippen molar-refractivity contribution in [1.82, 2.24) is 4.90 Å². The second-order valence-electron chi connectivity index (χ2n) is 9.51. The van der Waals surface area contributed by atoms with Crippen LogP contribution >= 0.6 is 0 Å². The molecule has 4 aromatic rings. The average Bonchev–Trinajstić information content (AvgIpc) is 3.12. The van der Waals surface area contributed by atoms with Crippen molar-refractivity contribution in [1.29, 1.82) is 0 Å². The minimum Gasteiger partial charge on any atom is -0.497 e. The summed E-state index contributed by atoms with van der Waals surface area (Å²) in [5, 5.41) is 12.4. The van der Waals surface area contributed by atoms with Gasteiger partial charge < -0.3 is 23.7 Å². The molecule has 6 heteroatoms. The molecule has 5 rings (SSSR count). The summed E-state index contributed by atoms with van der Waals surface area (Å²) in [5.41, 5.74) is 3.01. The van der Waals surface area contributed by atoms with Gasteiger partial charge in [0.25, 0.3) is 0 Å². The van der Waals surface area contributed by atoms with Crippen LogP contribution in [0.5, 0.6) is 17.2 Å². The first-order valence-electron chi connectivity index (χ1n) is 13.0.